The van der Waals surface area contributed by atoms with Gasteiger partial charge in [0.2, 0.25) is 0 Å². The van der Waals surface area contributed by atoms with Gasteiger partial charge in [-0.3, -0.25) is 0 Å². The van der Waals surface area contributed by atoms with Crippen molar-refractivity contribution in [2.75, 3.05) is 7.11 Å². The van der Waals surface area contributed by atoms with Gasteiger partial charge in [0.25, 0.3) is 0 Å². The van der Waals surface area contributed by atoms with Crippen molar-refractivity contribution < 1.29 is 9.84 Å². The van der Waals surface area contributed by atoms with E-state index in [-0.39, 0.29) is 0 Å². The summed E-state index contributed by atoms with van der Waals surface area (Å²) < 4.78 is 6.18. The Morgan fingerprint density at radius 2 is 2.00 bits per heavy atom. The number of aliphatic hydroxyl groups is 1. The Morgan fingerprint density at radius 1 is 1.26 bits per heavy atom. The molecule has 4 heteroatoms. The van der Waals surface area contributed by atoms with Crippen LogP contribution in [-0.2, 0) is 6.42 Å². The van der Waals surface area contributed by atoms with E-state index in [1.54, 1.807) is 7.11 Å². The molecule has 1 atom stereocenters. The van der Waals surface area contributed by atoms with Crippen LogP contribution in [0.15, 0.2) is 46.9 Å². The zero-order valence-electron chi connectivity index (χ0n) is 10.4. The molecule has 0 radical (unpaired) electrons. The van der Waals surface area contributed by atoms with Crippen LogP contribution in [0.4, 0.5) is 0 Å². The summed E-state index contributed by atoms with van der Waals surface area (Å²) in [6.45, 7) is 0. The Kier molecular flexibility index (Phi) is 4.86. The molecule has 0 aliphatic carbocycles. The zero-order chi connectivity index (χ0) is 13.8. The second kappa shape index (κ2) is 6.42. The molecule has 19 heavy (non-hydrogen) atoms. The van der Waals surface area contributed by atoms with Crippen LogP contribution in [-0.4, -0.2) is 12.2 Å². The molecule has 100 valence electrons. The predicted octanol–water partition coefficient (Wildman–Crippen LogP) is 4.39. The van der Waals surface area contributed by atoms with E-state index in [0.717, 1.165) is 15.6 Å². The number of hydrogen-bond donors (Lipinski definition) is 1. The molecule has 0 heterocycles. The van der Waals surface area contributed by atoms with Crippen molar-refractivity contribution in [3.05, 3.63) is 63.1 Å². The zero-order valence-corrected chi connectivity index (χ0v) is 12.8. The van der Waals surface area contributed by atoms with Gasteiger partial charge < -0.3 is 9.84 Å². The minimum atomic E-state index is -0.660. The smallest absolute Gasteiger partial charge is 0.124 e. The molecule has 0 spiro atoms. The van der Waals surface area contributed by atoms with Crippen LogP contribution in [0.25, 0.3) is 0 Å². The Morgan fingerprint density at radius 3 is 2.68 bits per heavy atom. The second-order valence-electron chi connectivity index (χ2n) is 4.20. The molecule has 0 bridgehead atoms. The average Bonchev–Trinajstić information content (AvgIpc) is 2.41. The van der Waals surface area contributed by atoms with Gasteiger partial charge in [0.15, 0.2) is 0 Å². The largest absolute Gasteiger partial charge is 0.496 e. The maximum atomic E-state index is 10.4. The fourth-order valence-electron chi connectivity index (χ4n) is 1.95. The van der Waals surface area contributed by atoms with Crippen molar-refractivity contribution in [3.8, 4) is 5.75 Å². The summed E-state index contributed by atoms with van der Waals surface area (Å²) >= 11 is 9.51. The quantitative estimate of drug-likeness (QED) is 0.894. The molecule has 0 aliphatic heterocycles. The molecule has 2 aromatic carbocycles. The molecular weight excluding hydrogens is 328 g/mol. The normalized spacial score (nSPS) is 12.2. The van der Waals surface area contributed by atoms with Gasteiger partial charge in [0.1, 0.15) is 5.75 Å². The molecule has 0 aliphatic rings. The first-order valence-corrected chi connectivity index (χ1v) is 7.04. The lowest BCUT2D eigenvalue weighted by molar-refractivity contribution is 0.174. The van der Waals surface area contributed by atoms with Crippen molar-refractivity contribution in [3.63, 3.8) is 0 Å². The Labute approximate surface area is 126 Å². The van der Waals surface area contributed by atoms with E-state index in [1.165, 1.54) is 0 Å². The fourth-order valence-corrected chi connectivity index (χ4v) is 2.54. The van der Waals surface area contributed by atoms with Crippen molar-refractivity contribution in [1.29, 1.82) is 0 Å². The topological polar surface area (TPSA) is 29.5 Å². The van der Waals surface area contributed by atoms with Gasteiger partial charge in [0.05, 0.1) is 13.2 Å². The van der Waals surface area contributed by atoms with Gasteiger partial charge in [-0.15, -0.1) is 0 Å². The summed E-state index contributed by atoms with van der Waals surface area (Å²) in [7, 11) is 1.59. The third-order valence-corrected chi connectivity index (χ3v) is 3.78. The van der Waals surface area contributed by atoms with E-state index >= 15 is 0 Å². The highest BCUT2D eigenvalue weighted by Crippen LogP contribution is 2.31. The molecule has 2 aromatic rings. The van der Waals surface area contributed by atoms with Crippen molar-refractivity contribution in [2.45, 2.75) is 12.5 Å². The van der Waals surface area contributed by atoms with Crippen LogP contribution in [0.1, 0.15) is 17.2 Å². The second-order valence-corrected chi connectivity index (χ2v) is 5.52. The Bertz CT molecular complexity index is 572. The van der Waals surface area contributed by atoms with Crippen LogP contribution in [0.5, 0.6) is 5.75 Å². The van der Waals surface area contributed by atoms with E-state index in [1.807, 2.05) is 42.5 Å². The summed E-state index contributed by atoms with van der Waals surface area (Å²) in [5, 5.41) is 11.0. The van der Waals surface area contributed by atoms with Crippen molar-refractivity contribution in [1.82, 2.24) is 0 Å². The summed E-state index contributed by atoms with van der Waals surface area (Å²) in [5.41, 5.74) is 1.66. The highest BCUT2D eigenvalue weighted by atomic mass is 79.9. The van der Waals surface area contributed by atoms with E-state index < -0.39 is 6.10 Å². The number of aliphatic hydroxyl groups excluding tert-OH is 1. The lowest BCUT2D eigenvalue weighted by atomic mass is 10.0. The number of ether oxygens (including phenoxy) is 1. The number of hydrogen-bond acceptors (Lipinski definition) is 2. The highest BCUT2D eigenvalue weighted by Gasteiger charge is 2.15. The standard InChI is InChI=1S/C15H14BrClO2/c1-19-15-7-6-11(16)9-12(15)14(18)8-10-4-2-3-5-13(10)17/h2-7,9,14,18H,8H2,1H3. The van der Waals surface area contributed by atoms with Gasteiger partial charge >= 0.3 is 0 Å². The van der Waals surface area contributed by atoms with Gasteiger partial charge in [-0.05, 0) is 29.8 Å². The maximum absolute atomic E-state index is 10.4. The predicted molar refractivity (Wildman–Crippen MR) is 80.8 cm³/mol. The van der Waals surface area contributed by atoms with E-state index in [9.17, 15) is 5.11 Å². The molecule has 0 saturated heterocycles. The molecule has 0 saturated carbocycles. The molecule has 2 rings (SSSR count). The molecular formula is C15H14BrClO2. The molecule has 2 nitrogen and oxygen atoms in total. The van der Waals surface area contributed by atoms with Gasteiger partial charge in [-0.2, -0.15) is 0 Å². The van der Waals surface area contributed by atoms with E-state index in [4.69, 9.17) is 16.3 Å². The van der Waals surface area contributed by atoms with Gasteiger partial charge in [-0.25, -0.2) is 0 Å². The van der Waals surface area contributed by atoms with Gasteiger partial charge in [0, 0.05) is 21.5 Å². The van der Waals surface area contributed by atoms with Gasteiger partial charge in [-0.1, -0.05) is 45.7 Å². The van der Waals surface area contributed by atoms with Crippen LogP contribution in [0.2, 0.25) is 5.02 Å². The van der Waals surface area contributed by atoms with Crippen LogP contribution < -0.4 is 4.74 Å². The molecule has 0 amide bonds. The lowest BCUT2D eigenvalue weighted by Gasteiger charge is -2.16. The monoisotopic (exact) mass is 340 g/mol. The van der Waals surface area contributed by atoms with Crippen molar-refractivity contribution >= 4 is 27.5 Å². The Balaban J connectivity index is 2.27. The van der Waals surface area contributed by atoms with E-state index in [2.05, 4.69) is 15.9 Å². The molecule has 1 N–H and O–H groups in total. The molecule has 0 aromatic heterocycles. The van der Waals surface area contributed by atoms with E-state index in [0.29, 0.717) is 17.2 Å². The first-order valence-electron chi connectivity index (χ1n) is 5.86. The minimum Gasteiger partial charge on any atom is -0.496 e. The summed E-state index contributed by atoms with van der Waals surface area (Å²) in [6.07, 6.45) is -0.209. The number of benzene rings is 2. The number of methoxy groups -OCH3 is 1. The van der Waals surface area contributed by atoms with Crippen LogP contribution >= 0.6 is 27.5 Å². The lowest BCUT2D eigenvalue weighted by Crippen LogP contribution is -2.04. The molecule has 1 unspecified atom stereocenters. The average molecular weight is 342 g/mol. The third kappa shape index (κ3) is 3.50. The number of halogens is 2. The SMILES string of the molecule is COc1ccc(Br)cc1C(O)Cc1ccccc1Cl. The Hall–Kier alpha value is -1.03. The first kappa shape index (κ1) is 14.4. The summed E-state index contributed by atoms with van der Waals surface area (Å²) in [4.78, 5) is 0. The minimum absolute atomic E-state index is 0.451. The van der Waals surface area contributed by atoms with Crippen molar-refractivity contribution in [2.24, 2.45) is 0 Å². The number of rotatable bonds is 4. The third-order valence-electron chi connectivity index (χ3n) is 2.92. The maximum Gasteiger partial charge on any atom is 0.124 e. The highest BCUT2D eigenvalue weighted by molar-refractivity contribution is 9.10. The molecule has 0 fully saturated rings. The van der Waals surface area contributed by atoms with Crippen LogP contribution in [0, 0.1) is 0 Å². The summed E-state index contributed by atoms with van der Waals surface area (Å²) in [5.74, 6) is 0.669. The van der Waals surface area contributed by atoms with Crippen LogP contribution in [0.3, 0.4) is 0 Å². The fraction of sp³-hybridized carbons (Fsp3) is 0.200. The first-order chi connectivity index (χ1) is 9.11. The summed E-state index contributed by atoms with van der Waals surface area (Å²) in [6, 6.07) is 13.1.